The van der Waals surface area contributed by atoms with E-state index in [9.17, 15) is 19.2 Å². The second-order valence-corrected chi connectivity index (χ2v) is 8.29. The molecule has 4 rings (SSSR count). The van der Waals surface area contributed by atoms with Gasteiger partial charge in [-0.15, -0.1) is 11.8 Å². The number of nitrogens with zero attached hydrogens (tertiary/aromatic N) is 1. The highest BCUT2D eigenvalue weighted by atomic mass is 32.2. The average Bonchev–Trinajstić information content (AvgIpc) is 2.87. The van der Waals surface area contributed by atoms with Gasteiger partial charge in [0.25, 0.3) is 5.91 Å². The number of rotatable bonds is 3. The molecule has 1 aromatic carbocycles. The zero-order chi connectivity index (χ0) is 19.0. The molecule has 1 aromatic rings. The number of amides is 5. The summed E-state index contributed by atoms with van der Waals surface area (Å²) < 4.78 is 0. The molecule has 1 aliphatic carbocycles. The van der Waals surface area contributed by atoms with Gasteiger partial charge < -0.3 is 10.6 Å². The standard InChI is InChI=1S/C18H20N4O4S/c23-14(10-13-15(24)19-11-6-2-3-7-12(11)27-13)21-22-16(25)18(20-17(22)26)8-4-1-5-9-18/h2-3,6-7,13H,1,4-5,8-10H2,(H,19,24)(H,20,26)(H,21,23). The Balaban J connectivity index is 1.40. The van der Waals surface area contributed by atoms with Gasteiger partial charge in [-0.3, -0.25) is 19.8 Å². The van der Waals surface area contributed by atoms with E-state index in [1.54, 1.807) is 6.07 Å². The molecule has 1 atom stereocenters. The van der Waals surface area contributed by atoms with Gasteiger partial charge in [-0.2, -0.15) is 5.01 Å². The molecule has 8 nitrogen and oxygen atoms in total. The van der Waals surface area contributed by atoms with Gasteiger partial charge in [-0.25, -0.2) is 4.79 Å². The molecule has 9 heteroatoms. The lowest BCUT2D eigenvalue weighted by molar-refractivity contribution is -0.140. The lowest BCUT2D eigenvalue weighted by Gasteiger charge is -2.30. The molecular formula is C18H20N4O4S. The number of hydrogen-bond acceptors (Lipinski definition) is 5. The maximum absolute atomic E-state index is 12.7. The number of anilines is 1. The van der Waals surface area contributed by atoms with Crippen molar-refractivity contribution in [1.29, 1.82) is 0 Å². The van der Waals surface area contributed by atoms with E-state index < -0.39 is 28.6 Å². The monoisotopic (exact) mass is 388 g/mol. The fourth-order valence-corrected chi connectivity index (χ4v) is 4.89. The molecule has 0 radical (unpaired) electrons. The molecule has 0 aromatic heterocycles. The summed E-state index contributed by atoms with van der Waals surface area (Å²) in [5, 5.41) is 5.66. The number of hydrogen-bond donors (Lipinski definition) is 3. The summed E-state index contributed by atoms with van der Waals surface area (Å²) in [4.78, 5) is 50.4. The van der Waals surface area contributed by atoms with Gasteiger partial charge in [0, 0.05) is 11.3 Å². The van der Waals surface area contributed by atoms with E-state index in [1.165, 1.54) is 11.8 Å². The van der Waals surface area contributed by atoms with Crippen molar-refractivity contribution in [2.45, 2.75) is 54.2 Å². The largest absolute Gasteiger partial charge is 0.344 e. The smallest absolute Gasteiger partial charge is 0.324 e. The zero-order valence-corrected chi connectivity index (χ0v) is 15.4. The van der Waals surface area contributed by atoms with Crippen LogP contribution in [0.15, 0.2) is 29.2 Å². The summed E-state index contributed by atoms with van der Waals surface area (Å²) in [6, 6.07) is 6.74. The first-order valence-electron chi connectivity index (χ1n) is 9.01. The topological polar surface area (TPSA) is 108 Å². The lowest BCUT2D eigenvalue weighted by Crippen LogP contribution is -2.51. The van der Waals surface area contributed by atoms with Crippen LogP contribution in [0, 0.1) is 0 Å². The molecule has 3 N–H and O–H groups in total. The van der Waals surface area contributed by atoms with E-state index in [0.717, 1.165) is 34.9 Å². The Labute approximate surface area is 160 Å². The van der Waals surface area contributed by atoms with Crippen molar-refractivity contribution in [3.05, 3.63) is 24.3 Å². The number of para-hydroxylation sites is 1. The van der Waals surface area contributed by atoms with Crippen molar-refractivity contribution < 1.29 is 19.2 Å². The molecule has 1 spiro atoms. The summed E-state index contributed by atoms with van der Waals surface area (Å²) in [7, 11) is 0. The van der Waals surface area contributed by atoms with E-state index in [2.05, 4.69) is 16.1 Å². The van der Waals surface area contributed by atoms with Crippen molar-refractivity contribution in [1.82, 2.24) is 15.8 Å². The van der Waals surface area contributed by atoms with Gasteiger partial charge in [0.15, 0.2) is 0 Å². The minimum atomic E-state index is -0.890. The fourth-order valence-electron chi connectivity index (χ4n) is 3.78. The van der Waals surface area contributed by atoms with E-state index in [1.807, 2.05) is 18.2 Å². The summed E-state index contributed by atoms with van der Waals surface area (Å²) >= 11 is 1.30. The minimum Gasteiger partial charge on any atom is -0.324 e. The van der Waals surface area contributed by atoms with Crippen LogP contribution in [0.2, 0.25) is 0 Å². The number of benzene rings is 1. The van der Waals surface area contributed by atoms with E-state index in [4.69, 9.17) is 0 Å². The van der Waals surface area contributed by atoms with Crippen molar-refractivity contribution >= 4 is 41.2 Å². The highest BCUT2D eigenvalue weighted by Crippen LogP contribution is 2.37. The Morgan fingerprint density at radius 3 is 2.70 bits per heavy atom. The Morgan fingerprint density at radius 2 is 1.93 bits per heavy atom. The summed E-state index contributed by atoms with van der Waals surface area (Å²) in [5.74, 6) is -1.22. The van der Waals surface area contributed by atoms with Crippen LogP contribution in [0.3, 0.4) is 0 Å². The van der Waals surface area contributed by atoms with Crippen molar-refractivity contribution in [2.24, 2.45) is 0 Å². The quantitative estimate of drug-likeness (QED) is 0.684. The van der Waals surface area contributed by atoms with Crippen LogP contribution >= 0.6 is 11.8 Å². The highest BCUT2D eigenvalue weighted by Gasteiger charge is 2.52. The van der Waals surface area contributed by atoms with Crippen molar-refractivity contribution in [3.63, 3.8) is 0 Å². The van der Waals surface area contributed by atoms with E-state index in [-0.39, 0.29) is 12.3 Å². The van der Waals surface area contributed by atoms with Crippen molar-refractivity contribution in [3.8, 4) is 0 Å². The van der Waals surface area contributed by atoms with Crippen LogP contribution in [0.4, 0.5) is 10.5 Å². The van der Waals surface area contributed by atoms with Gasteiger partial charge in [-0.1, -0.05) is 31.4 Å². The minimum absolute atomic E-state index is 0.130. The highest BCUT2D eigenvalue weighted by molar-refractivity contribution is 8.01. The van der Waals surface area contributed by atoms with Crippen LogP contribution in [0.1, 0.15) is 38.5 Å². The molecule has 2 aliphatic heterocycles. The SMILES string of the molecule is O=C(CC1Sc2ccccc2NC1=O)NN1C(=O)NC2(CCCCC2)C1=O. The third kappa shape index (κ3) is 3.27. The third-order valence-electron chi connectivity index (χ3n) is 5.18. The molecule has 1 saturated heterocycles. The van der Waals surface area contributed by atoms with Crippen LogP contribution in [0.25, 0.3) is 0 Å². The predicted molar refractivity (Wildman–Crippen MR) is 98.7 cm³/mol. The second-order valence-electron chi connectivity index (χ2n) is 7.04. The van der Waals surface area contributed by atoms with E-state index >= 15 is 0 Å². The number of hydrazine groups is 1. The van der Waals surface area contributed by atoms with Crippen LogP contribution in [-0.2, 0) is 14.4 Å². The average molecular weight is 388 g/mol. The molecule has 1 unspecified atom stereocenters. The van der Waals surface area contributed by atoms with Gasteiger partial charge >= 0.3 is 6.03 Å². The number of thioether (sulfide) groups is 1. The summed E-state index contributed by atoms with van der Waals surface area (Å²) in [6.45, 7) is 0. The molecule has 0 bridgehead atoms. The molecule has 2 heterocycles. The first-order valence-corrected chi connectivity index (χ1v) is 9.89. The molecule has 2 fully saturated rings. The number of fused-ring (bicyclic) bond motifs is 1. The first kappa shape index (κ1) is 17.8. The number of urea groups is 1. The van der Waals surface area contributed by atoms with E-state index in [0.29, 0.717) is 12.8 Å². The van der Waals surface area contributed by atoms with Crippen LogP contribution in [-0.4, -0.2) is 39.6 Å². The fraction of sp³-hybridized carbons (Fsp3) is 0.444. The Bertz CT molecular complexity index is 821. The van der Waals surface area contributed by atoms with Gasteiger partial charge in [0.2, 0.25) is 11.8 Å². The Kier molecular flexibility index (Phi) is 4.55. The number of carbonyl (C=O) groups is 4. The van der Waals surface area contributed by atoms with Crippen LogP contribution < -0.4 is 16.1 Å². The summed E-state index contributed by atoms with van der Waals surface area (Å²) in [5.41, 5.74) is 2.21. The Hall–Kier alpha value is -2.55. The normalized spacial score (nSPS) is 23.6. The predicted octanol–water partition coefficient (Wildman–Crippen LogP) is 1.78. The van der Waals surface area contributed by atoms with Crippen LogP contribution in [0.5, 0.6) is 0 Å². The number of carbonyl (C=O) groups excluding carboxylic acids is 4. The number of nitrogens with one attached hydrogen (secondary N) is 3. The molecular weight excluding hydrogens is 368 g/mol. The van der Waals surface area contributed by atoms with Gasteiger partial charge in [-0.05, 0) is 25.0 Å². The summed E-state index contributed by atoms with van der Waals surface area (Å²) in [6.07, 6.45) is 3.81. The lowest BCUT2D eigenvalue weighted by atomic mass is 9.82. The zero-order valence-electron chi connectivity index (χ0n) is 14.6. The molecule has 27 heavy (non-hydrogen) atoms. The maximum Gasteiger partial charge on any atom is 0.344 e. The maximum atomic E-state index is 12.7. The van der Waals surface area contributed by atoms with Gasteiger partial charge in [0.1, 0.15) is 5.54 Å². The van der Waals surface area contributed by atoms with Crippen molar-refractivity contribution in [2.75, 3.05) is 5.32 Å². The Morgan fingerprint density at radius 1 is 1.19 bits per heavy atom. The molecule has 1 saturated carbocycles. The molecule has 5 amide bonds. The third-order valence-corrected chi connectivity index (χ3v) is 6.46. The first-order chi connectivity index (χ1) is 13.0. The second kappa shape index (κ2) is 6.88. The molecule has 142 valence electrons. The van der Waals surface area contributed by atoms with Gasteiger partial charge in [0.05, 0.1) is 10.9 Å². The molecule has 3 aliphatic rings. The number of imide groups is 1.